The van der Waals surface area contributed by atoms with E-state index in [-0.39, 0.29) is 29.9 Å². The van der Waals surface area contributed by atoms with Gasteiger partial charge in [-0.3, -0.25) is 14.4 Å². The van der Waals surface area contributed by atoms with Gasteiger partial charge in [0.05, 0.1) is 13.2 Å². The number of phenols is 1. The number of ether oxygens (including phenoxy) is 1. The summed E-state index contributed by atoms with van der Waals surface area (Å²) in [5.41, 5.74) is 6.70. The van der Waals surface area contributed by atoms with Crippen LogP contribution in [0.25, 0.3) is 0 Å². The number of carbonyl (C=O) groups is 4. The Morgan fingerprint density at radius 2 is 1.35 bits per heavy atom. The normalized spacial score (nSPS) is 14.6. The molecule has 0 saturated carbocycles. The number of methoxy groups -OCH3 is 1. The third-order valence-electron chi connectivity index (χ3n) is 5.83. The van der Waals surface area contributed by atoms with E-state index < -0.39 is 47.9 Å². The van der Waals surface area contributed by atoms with Gasteiger partial charge in [0.15, 0.2) is 0 Å². The SMILES string of the molecule is COC(=O)C(Cc1ccc(O)cc1)NC(=O)C(NC(=O)C(CC(C)C)NC(=O)C(N)CC(C)C)C(C)C. The fraction of sp³-hybridized carbons (Fsp3) is 0.630. The molecule has 0 saturated heterocycles. The number of rotatable bonds is 14. The van der Waals surface area contributed by atoms with Crippen LogP contribution < -0.4 is 21.7 Å². The van der Waals surface area contributed by atoms with Crippen molar-refractivity contribution < 1.29 is 29.0 Å². The number of benzene rings is 1. The maximum Gasteiger partial charge on any atom is 0.328 e. The molecule has 208 valence electrons. The first-order valence-corrected chi connectivity index (χ1v) is 12.8. The van der Waals surface area contributed by atoms with Gasteiger partial charge in [-0.25, -0.2) is 4.79 Å². The Labute approximate surface area is 220 Å². The highest BCUT2D eigenvalue weighted by Crippen LogP contribution is 2.13. The van der Waals surface area contributed by atoms with E-state index in [0.717, 1.165) is 0 Å². The largest absolute Gasteiger partial charge is 0.508 e. The fourth-order valence-electron chi connectivity index (χ4n) is 3.85. The van der Waals surface area contributed by atoms with Crippen molar-refractivity contribution in [3.63, 3.8) is 0 Å². The van der Waals surface area contributed by atoms with Gasteiger partial charge in [0.2, 0.25) is 17.7 Å². The molecular weight excluding hydrogens is 476 g/mol. The number of phenolic OH excluding ortho intramolecular Hbond substituents is 1. The van der Waals surface area contributed by atoms with Gasteiger partial charge < -0.3 is 31.5 Å². The second-order valence-corrected chi connectivity index (χ2v) is 10.6. The van der Waals surface area contributed by atoms with Crippen LogP contribution in [0, 0.1) is 17.8 Å². The number of aromatic hydroxyl groups is 1. The number of nitrogens with two attached hydrogens (primary N) is 1. The summed E-state index contributed by atoms with van der Waals surface area (Å²) in [6.07, 6.45) is 0.982. The summed E-state index contributed by atoms with van der Waals surface area (Å²) in [7, 11) is 1.23. The van der Waals surface area contributed by atoms with Crippen molar-refractivity contribution in [3.8, 4) is 5.75 Å². The molecule has 6 N–H and O–H groups in total. The molecule has 10 nitrogen and oxygen atoms in total. The molecule has 1 aromatic rings. The maximum atomic E-state index is 13.2. The molecular formula is C27H44N4O6. The molecule has 0 aliphatic carbocycles. The van der Waals surface area contributed by atoms with E-state index in [1.165, 1.54) is 19.2 Å². The Morgan fingerprint density at radius 1 is 0.811 bits per heavy atom. The fourth-order valence-corrected chi connectivity index (χ4v) is 3.85. The van der Waals surface area contributed by atoms with Crippen LogP contribution in [0.3, 0.4) is 0 Å². The maximum absolute atomic E-state index is 13.2. The Bertz CT molecular complexity index is 901. The summed E-state index contributed by atoms with van der Waals surface area (Å²) in [4.78, 5) is 51.4. The van der Waals surface area contributed by atoms with Gasteiger partial charge in [-0.05, 0) is 48.3 Å². The second-order valence-electron chi connectivity index (χ2n) is 10.6. The van der Waals surface area contributed by atoms with Crippen LogP contribution in [0.1, 0.15) is 59.9 Å². The minimum absolute atomic E-state index is 0.0817. The predicted molar refractivity (Wildman–Crippen MR) is 141 cm³/mol. The van der Waals surface area contributed by atoms with E-state index in [9.17, 15) is 24.3 Å². The molecule has 1 aromatic carbocycles. The zero-order valence-corrected chi connectivity index (χ0v) is 23.0. The molecule has 0 aliphatic heterocycles. The predicted octanol–water partition coefficient (Wildman–Crippen LogP) is 1.64. The highest BCUT2D eigenvalue weighted by molar-refractivity contribution is 5.94. The Kier molecular flexibility index (Phi) is 13.1. The molecule has 3 amide bonds. The minimum Gasteiger partial charge on any atom is -0.508 e. The van der Waals surface area contributed by atoms with Gasteiger partial charge in [0, 0.05) is 6.42 Å². The van der Waals surface area contributed by atoms with E-state index in [1.807, 2.05) is 27.7 Å². The smallest absolute Gasteiger partial charge is 0.328 e. The third-order valence-corrected chi connectivity index (χ3v) is 5.83. The number of amides is 3. The molecule has 10 heteroatoms. The first-order chi connectivity index (χ1) is 17.2. The average molecular weight is 521 g/mol. The summed E-state index contributed by atoms with van der Waals surface area (Å²) in [5, 5.41) is 17.7. The molecule has 0 aromatic heterocycles. The quantitative estimate of drug-likeness (QED) is 0.233. The standard InChI is InChI=1S/C27H44N4O6/c1-15(2)12-20(28)24(33)29-21(13-16(3)4)25(34)31-23(17(5)6)26(35)30-22(27(36)37-7)14-18-8-10-19(32)11-9-18/h8-11,15-17,20-23,32H,12-14,28H2,1-7H3,(H,29,33)(H,30,35)(H,31,34). The molecule has 0 heterocycles. The van der Waals surface area contributed by atoms with Crippen molar-refractivity contribution in [3.05, 3.63) is 29.8 Å². The number of carbonyl (C=O) groups excluding carboxylic acids is 4. The summed E-state index contributed by atoms with van der Waals surface area (Å²) in [5.74, 6) is -2.02. The highest BCUT2D eigenvalue weighted by Gasteiger charge is 2.32. The molecule has 4 unspecified atom stereocenters. The third kappa shape index (κ3) is 11.2. The average Bonchev–Trinajstić information content (AvgIpc) is 2.81. The summed E-state index contributed by atoms with van der Waals surface area (Å²) in [6, 6.07) is 2.68. The van der Waals surface area contributed by atoms with Crippen molar-refractivity contribution in [2.24, 2.45) is 23.5 Å². The lowest BCUT2D eigenvalue weighted by atomic mass is 9.98. The Morgan fingerprint density at radius 3 is 1.84 bits per heavy atom. The highest BCUT2D eigenvalue weighted by atomic mass is 16.5. The van der Waals surface area contributed by atoms with Crippen molar-refractivity contribution in [2.75, 3.05) is 7.11 Å². The van der Waals surface area contributed by atoms with E-state index in [4.69, 9.17) is 10.5 Å². The zero-order valence-electron chi connectivity index (χ0n) is 23.0. The van der Waals surface area contributed by atoms with Gasteiger partial charge in [0.1, 0.15) is 23.9 Å². The van der Waals surface area contributed by atoms with Gasteiger partial charge in [0.25, 0.3) is 0 Å². The van der Waals surface area contributed by atoms with Crippen LogP contribution in [0.4, 0.5) is 0 Å². The monoisotopic (exact) mass is 520 g/mol. The van der Waals surface area contributed by atoms with Crippen molar-refractivity contribution in [2.45, 2.75) is 85.0 Å². The first kappa shape index (κ1) is 31.9. The summed E-state index contributed by atoms with van der Waals surface area (Å²) >= 11 is 0. The van der Waals surface area contributed by atoms with E-state index in [0.29, 0.717) is 18.4 Å². The van der Waals surface area contributed by atoms with Crippen LogP contribution in [-0.2, 0) is 30.3 Å². The number of hydrogen-bond acceptors (Lipinski definition) is 7. The summed E-state index contributed by atoms with van der Waals surface area (Å²) < 4.78 is 4.86. The molecule has 0 radical (unpaired) electrons. The van der Waals surface area contributed by atoms with Crippen molar-refractivity contribution >= 4 is 23.7 Å². The van der Waals surface area contributed by atoms with Crippen LogP contribution in [-0.4, -0.2) is 60.1 Å². The van der Waals surface area contributed by atoms with Gasteiger partial charge in [-0.2, -0.15) is 0 Å². The zero-order chi connectivity index (χ0) is 28.3. The van der Waals surface area contributed by atoms with Crippen LogP contribution in [0.15, 0.2) is 24.3 Å². The first-order valence-electron chi connectivity index (χ1n) is 12.8. The lowest BCUT2D eigenvalue weighted by Gasteiger charge is -2.28. The number of esters is 1. The minimum atomic E-state index is -1.000. The van der Waals surface area contributed by atoms with Gasteiger partial charge >= 0.3 is 5.97 Å². The Hall–Kier alpha value is -3.14. The van der Waals surface area contributed by atoms with Gasteiger partial charge in [-0.15, -0.1) is 0 Å². The lowest BCUT2D eigenvalue weighted by Crippen LogP contribution is -2.59. The second kappa shape index (κ2) is 15.2. The summed E-state index contributed by atoms with van der Waals surface area (Å²) in [6.45, 7) is 11.3. The Balaban J connectivity index is 3.01. The molecule has 1 rings (SSSR count). The molecule has 0 aliphatic rings. The topological polar surface area (TPSA) is 160 Å². The number of hydrogen-bond donors (Lipinski definition) is 5. The van der Waals surface area contributed by atoms with Crippen LogP contribution in [0.5, 0.6) is 5.75 Å². The lowest BCUT2D eigenvalue weighted by molar-refractivity contribution is -0.145. The van der Waals surface area contributed by atoms with E-state index in [2.05, 4.69) is 16.0 Å². The van der Waals surface area contributed by atoms with E-state index in [1.54, 1.807) is 26.0 Å². The van der Waals surface area contributed by atoms with E-state index >= 15 is 0 Å². The van der Waals surface area contributed by atoms with Crippen LogP contribution >= 0.6 is 0 Å². The molecule has 4 atom stereocenters. The molecule has 0 spiro atoms. The van der Waals surface area contributed by atoms with Gasteiger partial charge in [-0.1, -0.05) is 53.7 Å². The molecule has 37 heavy (non-hydrogen) atoms. The van der Waals surface area contributed by atoms with Crippen LogP contribution in [0.2, 0.25) is 0 Å². The number of nitrogens with one attached hydrogen (secondary N) is 3. The van der Waals surface area contributed by atoms with Crippen molar-refractivity contribution in [1.29, 1.82) is 0 Å². The molecule has 0 bridgehead atoms. The molecule has 0 fully saturated rings. The van der Waals surface area contributed by atoms with Crippen molar-refractivity contribution in [1.82, 2.24) is 16.0 Å².